The molecule has 1 unspecified atom stereocenters. The van der Waals surface area contributed by atoms with Gasteiger partial charge in [0.25, 0.3) is 0 Å². The van der Waals surface area contributed by atoms with Gasteiger partial charge in [0.05, 0.1) is 6.61 Å². The van der Waals surface area contributed by atoms with E-state index in [0.29, 0.717) is 0 Å². The molecule has 0 bridgehead atoms. The summed E-state index contributed by atoms with van der Waals surface area (Å²) in [5.74, 6) is 1.03. The summed E-state index contributed by atoms with van der Waals surface area (Å²) in [6, 6.07) is 2.19. The third kappa shape index (κ3) is 12.1. The first-order chi connectivity index (χ1) is 16.9. The Labute approximate surface area is 223 Å². The molecule has 0 aliphatic carbocycles. The second kappa shape index (κ2) is 16.8. The average Bonchev–Trinajstić information content (AvgIpc) is 2.78. The SMILES string of the molecule is CCCCCCCCOc1c(C(C)(C)C)cc(CO[P+](=O)O)c(CCCCCCCC)c1C(C)(C)C. The van der Waals surface area contributed by atoms with Crippen molar-refractivity contribution in [3.8, 4) is 5.75 Å². The summed E-state index contributed by atoms with van der Waals surface area (Å²) in [6.07, 6.45) is 15.8. The van der Waals surface area contributed by atoms with Crippen molar-refractivity contribution in [2.75, 3.05) is 6.61 Å². The predicted octanol–water partition coefficient (Wildman–Crippen LogP) is 10.1. The molecular formula is C31H56O4P+. The maximum absolute atomic E-state index is 11.4. The summed E-state index contributed by atoms with van der Waals surface area (Å²) in [6.45, 7) is 18.8. The van der Waals surface area contributed by atoms with E-state index < -0.39 is 8.25 Å². The summed E-state index contributed by atoms with van der Waals surface area (Å²) in [4.78, 5) is 9.40. The van der Waals surface area contributed by atoms with E-state index >= 15 is 0 Å². The normalized spacial score (nSPS) is 12.8. The van der Waals surface area contributed by atoms with Gasteiger partial charge in [0.1, 0.15) is 12.4 Å². The van der Waals surface area contributed by atoms with Gasteiger partial charge in [0.15, 0.2) is 0 Å². The van der Waals surface area contributed by atoms with Crippen LogP contribution in [-0.2, 0) is 32.9 Å². The van der Waals surface area contributed by atoms with Gasteiger partial charge in [-0.15, -0.1) is 9.42 Å². The molecule has 0 saturated carbocycles. The second-order valence-corrected chi connectivity index (χ2v) is 13.1. The van der Waals surface area contributed by atoms with Crippen LogP contribution >= 0.6 is 8.25 Å². The topological polar surface area (TPSA) is 55.8 Å². The fraction of sp³-hybridized carbons (Fsp3) is 0.806. The first-order valence-corrected chi connectivity index (χ1v) is 15.7. The highest BCUT2D eigenvalue weighted by Gasteiger charge is 2.32. The van der Waals surface area contributed by atoms with Crippen molar-refractivity contribution in [2.45, 2.75) is 156 Å². The van der Waals surface area contributed by atoms with E-state index in [0.717, 1.165) is 42.7 Å². The molecule has 0 fully saturated rings. The molecule has 0 radical (unpaired) electrons. The number of ether oxygens (including phenoxy) is 1. The fourth-order valence-corrected chi connectivity index (χ4v) is 5.19. The van der Waals surface area contributed by atoms with Gasteiger partial charge in [-0.1, -0.05) is 120 Å². The monoisotopic (exact) mass is 523 g/mol. The smallest absolute Gasteiger partial charge is 0.493 e. The van der Waals surface area contributed by atoms with Crippen LogP contribution in [0.4, 0.5) is 0 Å². The maximum Gasteiger partial charge on any atom is 0.695 e. The largest absolute Gasteiger partial charge is 0.695 e. The Balaban J connectivity index is 3.36. The molecule has 0 aliphatic rings. The van der Waals surface area contributed by atoms with Crippen LogP contribution in [0.1, 0.15) is 155 Å². The quantitative estimate of drug-likeness (QED) is 0.154. The average molecular weight is 524 g/mol. The zero-order chi connectivity index (χ0) is 27.2. The third-order valence-corrected chi connectivity index (χ3v) is 7.24. The first kappa shape index (κ1) is 33.1. The van der Waals surface area contributed by atoms with Gasteiger partial charge >= 0.3 is 8.25 Å². The summed E-state index contributed by atoms with van der Waals surface area (Å²) in [5.41, 5.74) is 4.46. The summed E-state index contributed by atoms with van der Waals surface area (Å²) >= 11 is 0. The highest BCUT2D eigenvalue weighted by Crippen LogP contribution is 2.44. The molecule has 5 heteroatoms. The summed E-state index contributed by atoms with van der Waals surface area (Å²) in [5, 5.41) is 0. The van der Waals surface area contributed by atoms with Crippen LogP contribution < -0.4 is 4.74 Å². The first-order valence-electron chi connectivity index (χ1n) is 14.5. The van der Waals surface area contributed by atoms with Crippen molar-refractivity contribution in [3.63, 3.8) is 0 Å². The molecule has 0 heterocycles. The van der Waals surface area contributed by atoms with Crippen LogP contribution in [0.3, 0.4) is 0 Å². The summed E-state index contributed by atoms with van der Waals surface area (Å²) in [7, 11) is -2.64. The molecule has 0 saturated heterocycles. The fourth-order valence-electron chi connectivity index (χ4n) is 4.94. The lowest BCUT2D eigenvalue weighted by molar-refractivity contribution is 0.268. The van der Waals surface area contributed by atoms with Crippen molar-refractivity contribution >= 4 is 8.25 Å². The Bertz CT molecular complexity index is 774. The number of unbranched alkanes of at least 4 members (excludes halogenated alkanes) is 10. The van der Waals surface area contributed by atoms with Crippen molar-refractivity contribution in [2.24, 2.45) is 0 Å². The van der Waals surface area contributed by atoms with Crippen LogP contribution in [0.5, 0.6) is 5.75 Å². The van der Waals surface area contributed by atoms with Gasteiger partial charge in [0, 0.05) is 15.7 Å². The molecule has 0 aliphatic heterocycles. The number of hydrogen-bond acceptors (Lipinski definition) is 3. The Hall–Kier alpha value is -0.960. The standard InChI is InChI=1S/C31H55O4P/c1-9-11-13-15-17-19-21-26-25(24-35-36(32)33)23-27(30(3,4)5)29(28(26)31(6,7)8)34-22-20-18-16-14-12-10-2/h23H,9-22,24H2,1-8H3/p+1. The lowest BCUT2D eigenvalue weighted by Crippen LogP contribution is -2.23. The lowest BCUT2D eigenvalue weighted by atomic mass is 9.74. The van der Waals surface area contributed by atoms with Crippen LogP contribution in [0.15, 0.2) is 6.07 Å². The Morgan fingerprint density at radius 3 is 1.81 bits per heavy atom. The van der Waals surface area contributed by atoms with Gasteiger partial charge in [-0.2, -0.15) is 0 Å². The van der Waals surface area contributed by atoms with E-state index in [9.17, 15) is 9.46 Å². The van der Waals surface area contributed by atoms with E-state index in [1.165, 1.54) is 75.3 Å². The van der Waals surface area contributed by atoms with E-state index in [2.05, 4.69) is 61.5 Å². The highest BCUT2D eigenvalue weighted by atomic mass is 31.1. The van der Waals surface area contributed by atoms with Crippen LogP contribution in [-0.4, -0.2) is 11.5 Å². The molecule has 1 aromatic rings. The minimum atomic E-state index is -2.64. The second-order valence-electron chi connectivity index (χ2n) is 12.4. The van der Waals surface area contributed by atoms with E-state index in [-0.39, 0.29) is 17.4 Å². The lowest BCUT2D eigenvalue weighted by Gasteiger charge is -2.33. The molecule has 1 atom stereocenters. The number of rotatable bonds is 18. The van der Waals surface area contributed by atoms with E-state index in [1.54, 1.807) is 0 Å². The molecular weight excluding hydrogens is 467 g/mol. The molecule has 4 nitrogen and oxygen atoms in total. The molecule has 36 heavy (non-hydrogen) atoms. The Kier molecular flexibility index (Phi) is 15.4. The molecule has 0 aromatic heterocycles. The van der Waals surface area contributed by atoms with E-state index in [1.807, 2.05) is 0 Å². The van der Waals surface area contributed by atoms with Crippen LogP contribution in [0.2, 0.25) is 0 Å². The van der Waals surface area contributed by atoms with Crippen molar-refractivity contribution < 1.29 is 18.7 Å². The Morgan fingerprint density at radius 2 is 1.31 bits per heavy atom. The zero-order valence-corrected chi connectivity index (χ0v) is 25.7. The molecule has 1 aromatic carbocycles. The molecule has 208 valence electrons. The summed E-state index contributed by atoms with van der Waals surface area (Å²) < 4.78 is 23.4. The minimum Gasteiger partial charge on any atom is -0.493 e. The highest BCUT2D eigenvalue weighted by molar-refractivity contribution is 7.32. The van der Waals surface area contributed by atoms with Gasteiger partial charge in [-0.05, 0) is 47.3 Å². The minimum absolute atomic E-state index is 0.120. The molecule has 1 rings (SSSR count). The predicted molar refractivity (Wildman–Crippen MR) is 154 cm³/mol. The van der Waals surface area contributed by atoms with Crippen LogP contribution in [0.25, 0.3) is 0 Å². The van der Waals surface area contributed by atoms with Crippen molar-refractivity contribution in [3.05, 3.63) is 28.3 Å². The zero-order valence-electron chi connectivity index (χ0n) is 24.8. The number of hydrogen-bond donors (Lipinski definition) is 1. The van der Waals surface area contributed by atoms with Gasteiger partial charge in [-0.3, -0.25) is 0 Å². The molecule has 1 N–H and O–H groups in total. The van der Waals surface area contributed by atoms with Crippen molar-refractivity contribution in [1.29, 1.82) is 0 Å². The maximum atomic E-state index is 11.4. The molecule has 0 amide bonds. The molecule has 0 spiro atoms. The van der Waals surface area contributed by atoms with Crippen LogP contribution in [0, 0.1) is 0 Å². The number of benzene rings is 1. The third-order valence-electron chi connectivity index (χ3n) is 6.89. The van der Waals surface area contributed by atoms with E-state index in [4.69, 9.17) is 9.26 Å². The van der Waals surface area contributed by atoms with Gasteiger partial charge in [0.2, 0.25) is 0 Å². The van der Waals surface area contributed by atoms with Gasteiger partial charge < -0.3 is 4.74 Å². The Morgan fingerprint density at radius 1 is 0.778 bits per heavy atom. The van der Waals surface area contributed by atoms with Gasteiger partial charge in [-0.25, -0.2) is 0 Å². The van der Waals surface area contributed by atoms with Crippen molar-refractivity contribution in [1.82, 2.24) is 0 Å².